The van der Waals surface area contributed by atoms with Crippen LogP contribution in [0.15, 0.2) is 28.9 Å². The van der Waals surface area contributed by atoms with Crippen molar-refractivity contribution in [1.82, 2.24) is 20.3 Å². The van der Waals surface area contributed by atoms with Gasteiger partial charge in [0, 0.05) is 16.6 Å². The minimum absolute atomic E-state index is 0.0262. The van der Waals surface area contributed by atoms with Gasteiger partial charge in [0.05, 0.1) is 11.9 Å². The van der Waals surface area contributed by atoms with Crippen molar-refractivity contribution in [3.63, 3.8) is 0 Å². The normalized spacial score (nSPS) is 11.8. The van der Waals surface area contributed by atoms with Crippen molar-refractivity contribution >= 4 is 15.9 Å². The van der Waals surface area contributed by atoms with Gasteiger partial charge in [-0.05, 0) is 48.8 Å². The molecule has 0 amide bonds. The van der Waals surface area contributed by atoms with Crippen LogP contribution < -0.4 is 5.32 Å². The van der Waals surface area contributed by atoms with Crippen molar-refractivity contribution in [2.75, 3.05) is 0 Å². The highest BCUT2D eigenvalue weighted by Gasteiger charge is 2.16. The predicted octanol–water partition coefficient (Wildman–Crippen LogP) is 3.06. The van der Waals surface area contributed by atoms with Crippen molar-refractivity contribution < 1.29 is 4.39 Å². The number of benzene rings is 1. The van der Waals surface area contributed by atoms with Crippen LogP contribution in [0.1, 0.15) is 26.5 Å². The number of hydrogen-bond acceptors (Lipinski definition) is 3. The van der Waals surface area contributed by atoms with Crippen molar-refractivity contribution in [1.29, 1.82) is 0 Å². The Bertz CT molecular complexity index is 554. The lowest BCUT2D eigenvalue weighted by Crippen LogP contribution is -2.35. The molecule has 0 unspecified atom stereocenters. The molecule has 19 heavy (non-hydrogen) atoms. The zero-order valence-corrected chi connectivity index (χ0v) is 12.7. The highest BCUT2D eigenvalue weighted by Crippen LogP contribution is 2.24. The zero-order valence-electron chi connectivity index (χ0n) is 11.1. The Morgan fingerprint density at radius 2 is 2.11 bits per heavy atom. The molecule has 102 valence electrons. The van der Waals surface area contributed by atoms with Crippen LogP contribution in [-0.4, -0.2) is 20.5 Å². The second kappa shape index (κ2) is 5.38. The van der Waals surface area contributed by atoms with Gasteiger partial charge < -0.3 is 5.32 Å². The van der Waals surface area contributed by atoms with E-state index in [4.69, 9.17) is 0 Å². The van der Waals surface area contributed by atoms with Crippen LogP contribution in [0.5, 0.6) is 0 Å². The lowest BCUT2D eigenvalue weighted by atomic mass is 10.1. The Kier molecular flexibility index (Phi) is 4.01. The standard InChI is InChI=1S/C13H16BrFN4/c1-13(2,3)16-7-9-8-17-18-19(9)12-10(14)5-4-6-11(12)15/h4-6,8,16H,7H2,1-3H3. The van der Waals surface area contributed by atoms with Gasteiger partial charge in [-0.25, -0.2) is 9.07 Å². The van der Waals surface area contributed by atoms with Crippen LogP contribution in [0.2, 0.25) is 0 Å². The summed E-state index contributed by atoms with van der Waals surface area (Å²) in [6, 6.07) is 4.83. The molecule has 1 aromatic heterocycles. The molecule has 0 saturated heterocycles. The van der Waals surface area contributed by atoms with Gasteiger partial charge in [-0.1, -0.05) is 11.3 Å². The molecule has 6 heteroatoms. The fourth-order valence-corrected chi connectivity index (χ4v) is 2.12. The number of nitrogens with zero attached hydrogens (tertiary/aromatic N) is 3. The molecule has 0 bridgehead atoms. The second-order valence-corrected chi connectivity index (χ2v) is 6.17. The third kappa shape index (κ3) is 3.39. The summed E-state index contributed by atoms with van der Waals surface area (Å²) in [7, 11) is 0. The molecule has 0 fully saturated rings. The van der Waals surface area contributed by atoms with E-state index in [0.717, 1.165) is 5.69 Å². The maximum atomic E-state index is 13.9. The molecular formula is C13H16BrFN4. The molecule has 1 heterocycles. The Balaban J connectivity index is 2.34. The minimum atomic E-state index is -0.336. The van der Waals surface area contributed by atoms with Gasteiger partial charge in [-0.15, -0.1) is 5.10 Å². The largest absolute Gasteiger partial charge is 0.306 e. The van der Waals surface area contributed by atoms with Crippen LogP contribution in [0.3, 0.4) is 0 Å². The molecule has 0 atom stereocenters. The Morgan fingerprint density at radius 3 is 2.74 bits per heavy atom. The molecule has 0 aliphatic rings. The summed E-state index contributed by atoms with van der Waals surface area (Å²) < 4.78 is 16.1. The fourth-order valence-electron chi connectivity index (χ4n) is 1.61. The summed E-state index contributed by atoms with van der Waals surface area (Å²) in [5.41, 5.74) is 1.16. The number of aromatic nitrogens is 3. The van der Waals surface area contributed by atoms with E-state index < -0.39 is 0 Å². The molecule has 4 nitrogen and oxygen atoms in total. The summed E-state index contributed by atoms with van der Waals surface area (Å²) in [5.74, 6) is -0.336. The number of halogens is 2. The van der Waals surface area contributed by atoms with Crippen LogP contribution >= 0.6 is 15.9 Å². The van der Waals surface area contributed by atoms with E-state index in [-0.39, 0.29) is 11.4 Å². The summed E-state index contributed by atoms with van der Waals surface area (Å²) in [4.78, 5) is 0. The van der Waals surface area contributed by atoms with E-state index >= 15 is 0 Å². The molecule has 0 spiro atoms. The number of para-hydroxylation sites is 1. The molecule has 0 aliphatic heterocycles. The zero-order chi connectivity index (χ0) is 14.0. The summed E-state index contributed by atoms with van der Waals surface area (Å²) in [5, 5.41) is 11.2. The summed E-state index contributed by atoms with van der Waals surface area (Å²) in [6.07, 6.45) is 1.64. The first-order valence-corrected chi connectivity index (χ1v) is 6.77. The van der Waals surface area contributed by atoms with Crippen molar-refractivity contribution in [3.05, 3.63) is 40.4 Å². The summed E-state index contributed by atoms with van der Waals surface area (Å²) in [6.45, 7) is 6.78. The molecule has 2 rings (SSSR count). The molecule has 2 aromatic rings. The monoisotopic (exact) mass is 326 g/mol. The average Bonchev–Trinajstić information content (AvgIpc) is 2.73. The topological polar surface area (TPSA) is 42.7 Å². The highest BCUT2D eigenvalue weighted by atomic mass is 79.9. The number of rotatable bonds is 3. The van der Waals surface area contributed by atoms with Crippen LogP contribution in [0, 0.1) is 5.82 Å². The number of hydrogen-bond donors (Lipinski definition) is 1. The van der Waals surface area contributed by atoms with Crippen molar-refractivity contribution in [2.45, 2.75) is 32.9 Å². The van der Waals surface area contributed by atoms with Gasteiger partial charge in [0.15, 0.2) is 0 Å². The predicted molar refractivity (Wildman–Crippen MR) is 75.6 cm³/mol. The first-order valence-electron chi connectivity index (χ1n) is 5.97. The fraction of sp³-hybridized carbons (Fsp3) is 0.385. The molecule has 1 N–H and O–H groups in total. The van der Waals surface area contributed by atoms with Crippen LogP contribution in [0.4, 0.5) is 4.39 Å². The minimum Gasteiger partial charge on any atom is -0.306 e. The first kappa shape index (κ1) is 14.1. The smallest absolute Gasteiger partial charge is 0.150 e. The Labute approximate surface area is 120 Å². The molecular weight excluding hydrogens is 311 g/mol. The van der Waals surface area contributed by atoms with Crippen molar-refractivity contribution in [3.8, 4) is 5.69 Å². The summed E-state index contributed by atoms with van der Waals surface area (Å²) >= 11 is 3.34. The molecule has 0 radical (unpaired) electrons. The lowest BCUT2D eigenvalue weighted by molar-refractivity contribution is 0.417. The highest BCUT2D eigenvalue weighted by molar-refractivity contribution is 9.10. The lowest BCUT2D eigenvalue weighted by Gasteiger charge is -2.20. The maximum absolute atomic E-state index is 13.9. The third-order valence-electron chi connectivity index (χ3n) is 2.57. The van der Waals surface area contributed by atoms with E-state index in [1.54, 1.807) is 18.3 Å². The SMILES string of the molecule is CC(C)(C)NCc1cnnn1-c1c(F)cccc1Br. The van der Waals surface area contributed by atoms with Gasteiger partial charge in [0.25, 0.3) is 0 Å². The molecule has 1 aromatic carbocycles. The second-order valence-electron chi connectivity index (χ2n) is 5.31. The van der Waals surface area contributed by atoms with Crippen LogP contribution in [-0.2, 0) is 6.54 Å². The van der Waals surface area contributed by atoms with E-state index in [1.807, 2.05) is 0 Å². The quantitative estimate of drug-likeness (QED) is 0.942. The van der Waals surface area contributed by atoms with Gasteiger partial charge in [-0.2, -0.15) is 0 Å². The Hall–Kier alpha value is -1.27. The Morgan fingerprint density at radius 1 is 1.37 bits per heavy atom. The van der Waals surface area contributed by atoms with Gasteiger partial charge in [0.1, 0.15) is 11.5 Å². The average molecular weight is 327 g/mol. The molecule has 0 aliphatic carbocycles. The molecule has 0 saturated carbocycles. The van der Waals surface area contributed by atoms with Gasteiger partial charge in [-0.3, -0.25) is 0 Å². The van der Waals surface area contributed by atoms with Crippen LogP contribution in [0.25, 0.3) is 5.69 Å². The van der Waals surface area contributed by atoms with Crippen molar-refractivity contribution in [2.24, 2.45) is 0 Å². The van der Waals surface area contributed by atoms with E-state index in [0.29, 0.717) is 16.7 Å². The van der Waals surface area contributed by atoms with E-state index in [1.165, 1.54) is 10.7 Å². The van der Waals surface area contributed by atoms with E-state index in [9.17, 15) is 4.39 Å². The van der Waals surface area contributed by atoms with Gasteiger partial charge >= 0.3 is 0 Å². The first-order chi connectivity index (χ1) is 8.88. The number of nitrogens with one attached hydrogen (secondary N) is 1. The van der Waals surface area contributed by atoms with Gasteiger partial charge in [0.2, 0.25) is 0 Å². The maximum Gasteiger partial charge on any atom is 0.150 e. The van der Waals surface area contributed by atoms with E-state index in [2.05, 4.69) is 52.3 Å². The third-order valence-corrected chi connectivity index (χ3v) is 3.21.